The van der Waals surface area contributed by atoms with E-state index in [1.54, 1.807) is 12.3 Å². The van der Waals surface area contributed by atoms with Crippen LogP contribution in [0.15, 0.2) is 30.5 Å². The first-order valence-corrected chi connectivity index (χ1v) is 8.75. The number of rotatable bonds is 6. The van der Waals surface area contributed by atoms with E-state index in [1.807, 2.05) is 25.1 Å². The summed E-state index contributed by atoms with van der Waals surface area (Å²) in [5.41, 5.74) is 3.36. The highest BCUT2D eigenvalue weighted by atomic mass is 16.5. The van der Waals surface area contributed by atoms with Gasteiger partial charge in [0.25, 0.3) is 5.91 Å². The third-order valence-corrected chi connectivity index (χ3v) is 4.38. The van der Waals surface area contributed by atoms with Gasteiger partial charge in [-0.3, -0.25) is 4.79 Å². The van der Waals surface area contributed by atoms with Gasteiger partial charge < -0.3 is 15.4 Å². The molecule has 6 heteroatoms. The second-order valence-corrected chi connectivity index (χ2v) is 6.20. The summed E-state index contributed by atoms with van der Waals surface area (Å²) in [6, 6.07) is 7.64. The molecule has 2 heterocycles. The number of hydrogen-bond donors (Lipinski definition) is 2. The fraction of sp³-hybridized carbons (Fsp3) is 0.421. The SMILES string of the molecule is CCc1cccc(C)c1NC(=O)c1ccnc(NCC2CCCO2)n1. The van der Waals surface area contributed by atoms with Crippen molar-refractivity contribution in [3.05, 3.63) is 47.3 Å². The number of carbonyl (C=O) groups excluding carboxylic acids is 1. The van der Waals surface area contributed by atoms with Gasteiger partial charge >= 0.3 is 0 Å². The molecule has 1 unspecified atom stereocenters. The average molecular weight is 340 g/mol. The second-order valence-electron chi connectivity index (χ2n) is 6.20. The fourth-order valence-electron chi connectivity index (χ4n) is 2.96. The Hall–Kier alpha value is -2.47. The normalized spacial score (nSPS) is 16.6. The molecule has 25 heavy (non-hydrogen) atoms. The molecule has 0 bridgehead atoms. The van der Waals surface area contributed by atoms with Crippen LogP contribution in [0, 0.1) is 6.92 Å². The Balaban J connectivity index is 1.69. The Bertz CT molecular complexity index is 742. The van der Waals surface area contributed by atoms with Gasteiger partial charge in [-0.2, -0.15) is 0 Å². The van der Waals surface area contributed by atoms with E-state index in [-0.39, 0.29) is 12.0 Å². The van der Waals surface area contributed by atoms with Crippen LogP contribution in [-0.2, 0) is 11.2 Å². The number of benzene rings is 1. The maximum Gasteiger partial charge on any atom is 0.274 e. The lowest BCUT2D eigenvalue weighted by molar-refractivity contribution is 0.102. The average Bonchev–Trinajstić information content (AvgIpc) is 3.15. The molecule has 1 aliphatic heterocycles. The molecule has 0 radical (unpaired) electrons. The van der Waals surface area contributed by atoms with Crippen molar-refractivity contribution in [3.63, 3.8) is 0 Å². The standard InChI is InChI=1S/C19H24N4O2/c1-3-14-7-4-6-13(2)17(14)23-18(24)16-9-10-20-19(22-16)21-12-15-8-5-11-25-15/h4,6-7,9-10,15H,3,5,8,11-12H2,1-2H3,(H,23,24)(H,20,21,22). The van der Waals surface area contributed by atoms with E-state index in [1.165, 1.54) is 0 Å². The Morgan fingerprint density at radius 2 is 2.24 bits per heavy atom. The summed E-state index contributed by atoms with van der Waals surface area (Å²) >= 11 is 0. The van der Waals surface area contributed by atoms with E-state index in [0.717, 1.165) is 42.7 Å². The smallest absolute Gasteiger partial charge is 0.274 e. The molecule has 3 rings (SSSR count). The van der Waals surface area contributed by atoms with Gasteiger partial charge in [-0.05, 0) is 43.4 Å². The number of para-hydroxylation sites is 1. The maximum absolute atomic E-state index is 12.6. The van der Waals surface area contributed by atoms with Crippen molar-refractivity contribution in [2.45, 2.75) is 39.2 Å². The lowest BCUT2D eigenvalue weighted by atomic mass is 10.1. The summed E-state index contributed by atoms with van der Waals surface area (Å²) in [5, 5.41) is 6.14. The van der Waals surface area contributed by atoms with Gasteiger partial charge in [0, 0.05) is 25.0 Å². The molecule has 1 aromatic carbocycles. The summed E-state index contributed by atoms with van der Waals surface area (Å²) in [6.07, 6.45) is 4.78. The topological polar surface area (TPSA) is 76.1 Å². The van der Waals surface area contributed by atoms with Gasteiger partial charge in [0.1, 0.15) is 5.69 Å². The molecular formula is C19H24N4O2. The molecule has 0 spiro atoms. The number of aryl methyl sites for hydroxylation is 2. The molecule has 1 fully saturated rings. The van der Waals surface area contributed by atoms with Crippen LogP contribution in [0.5, 0.6) is 0 Å². The number of aromatic nitrogens is 2. The van der Waals surface area contributed by atoms with Crippen LogP contribution < -0.4 is 10.6 Å². The molecule has 1 saturated heterocycles. The molecule has 1 amide bonds. The number of carbonyl (C=O) groups is 1. The Labute approximate surface area is 148 Å². The van der Waals surface area contributed by atoms with Gasteiger partial charge in [-0.15, -0.1) is 0 Å². The van der Waals surface area contributed by atoms with Crippen LogP contribution in [0.4, 0.5) is 11.6 Å². The van der Waals surface area contributed by atoms with Gasteiger partial charge in [0.15, 0.2) is 0 Å². The van der Waals surface area contributed by atoms with E-state index in [9.17, 15) is 4.79 Å². The van der Waals surface area contributed by atoms with Gasteiger partial charge in [-0.25, -0.2) is 9.97 Å². The summed E-state index contributed by atoms with van der Waals surface area (Å²) in [6.45, 7) is 5.53. The molecule has 2 N–H and O–H groups in total. The second kappa shape index (κ2) is 8.07. The highest BCUT2D eigenvalue weighted by Gasteiger charge is 2.16. The Kier molecular flexibility index (Phi) is 5.60. The van der Waals surface area contributed by atoms with Crippen molar-refractivity contribution in [3.8, 4) is 0 Å². The molecule has 2 aromatic rings. The van der Waals surface area contributed by atoms with Crippen LogP contribution in [0.2, 0.25) is 0 Å². The summed E-state index contributed by atoms with van der Waals surface area (Å²) in [7, 11) is 0. The van der Waals surface area contributed by atoms with Crippen molar-refractivity contribution in [2.75, 3.05) is 23.8 Å². The highest BCUT2D eigenvalue weighted by molar-refractivity contribution is 6.03. The van der Waals surface area contributed by atoms with Crippen LogP contribution in [0.1, 0.15) is 41.4 Å². The van der Waals surface area contributed by atoms with E-state index in [0.29, 0.717) is 18.2 Å². The maximum atomic E-state index is 12.6. The molecule has 1 aliphatic rings. The van der Waals surface area contributed by atoms with Crippen LogP contribution in [-0.4, -0.2) is 35.1 Å². The predicted molar refractivity (Wildman–Crippen MR) is 98.0 cm³/mol. The quantitative estimate of drug-likeness (QED) is 0.844. The minimum absolute atomic E-state index is 0.195. The van der Waals surface area contributed by atoms with Crippen molar-refractivity contribution >= 4 is 17.5 Å². The molecule has 0 aliphatic carbocycles. The predicted octanol–water partition coefficient (Wildman–Crippen LogP) is 3.19. The van der Waals surface area contributed by atoms with Crippen molar-refractivity contribution in [1.29, 1.82) is 0 Å². The number of nitrogens with zero attached hydrogens (tertiary/aromatic N) is 2. The summed E-state index contributed by atoms with van der Waals surface area (Å²) < 4.78 is 5.57. The third-order valence-electron chi connectivity index (χ3n) is 4.38. The summed E-state index contributed by atoms with van der Waals surface area (Å²) in [4.78, 5) is 21.1. The van der Waals surface area contributed by atoms with E-state index in [4.69, 9.17) is 4.74 Å². The molecule has 0 saturated carbocycles. The number of nitrogens with one attached hydrogen (secondary N) is 2. The lowest BCUT2D eigenvalue weighted by Crippen LogP contribution is -2.21. The van der Waals surface area contributed by atoms with Gasteiger partial charge in [0.2, 0.25) is 5.95 Å². The highest BCUT2D eigenvalue weighted by Crippen LogP contribution is 2.21. The van der Waals surface area contributed by atoms with Crippen molar-refractivity contribution < 1.29 is 9.53 Å². The first kappa shape index (κ1) is 17.4. The van der Waals surface area contributed by atoms with Crippen molar-refractivity contribution in [1.82, 2.24) is 9.97 Å². The molecule has 6 nitrogen and oxygen atoms in total. The van der Waals surface area contributed by atoms with Gasteiger partial charge in [-0.1, -0.05) is 25.1 Å². The zero-order valence-electron chi connectivity index (χ0n) is 14.7. The van der Waals surface area contributed by atoms with E-state index < -0.39 is 0 Å². The largest absolute Gasteiger partial charge is 0.376 e. The monoisotopic (exact) mass is 340 g/mol. The van der Waals surface area contributed by atoms with E-state index >= 15 is 0 Å². The molecule has 1 atom stereocenters. The molecule has 132 valence electrons. The zero-order chi connectivity index (χ0) is 17.6. The Morgan fingerprint density at radius 3 is 3.00 bits per heavy atom. The van der Waals surface area contributed by atoms with Crippen molar-refractivity contribution in [2.24, 2.45) is 0 Å². The van der Waals surface area contributed by atoms with E-state index in [2.05, 4.69) is 27.5 Å². The molecular weight excluding hydrogens is 316 g/mol. The number of anilines is 2. The fourth-order valence-corrected chi connectivity index (χ4v) is 2.96. The minimum Gasteiger partial charge on any atom is -0.376 e. The first-order valence-electron chi connectivity index (χ1n) is 8.75. The zero-order valence-corrected chi connectivity index (χ0v) is 14.7. The lowest BCUT2D eigenvalue weighted by Gasteiger charge is -2.13. The third kappa shape index (κ3) is 4.33. The van der Waals surface area contributed by atoms with Gasteiger partial charge in [0.05, 0.1) is 6.10 Å². The molecule has 1 aromatic heterocycles. The number of hydrogen-bond acceptors (Lipinski definition) is 5. The first-order chi connectivity index (χ1) is 12.2. The van der Waals surface area contributed by atoms with Crippen LogP contribution in [0.3, 0.4) is 0 Å². The van der Waals surface area contributed by atoms with Crippen LogP contribution >= 0.6 is 0 Å². The van der Waals surface area contributed by atoms with Crippen LogP contribution in [0.25, 0.3) is 0 Å². The minimum atomic E-state index is -0.230. The summed E-state index contributed by atoms with van der Waals surface area (Å²) in [5.74, 6) is 0.218. The Morgan fingerprint density at radius 1 is 1.36 bits per heavy atom. The number of amides is 1. The number of ether oxygens (including phenoxy) is 1.